The molecule has 41 heavy (non-hydrogen) atoms. The summed E-state index contributed by atoms with van der Waals surface area (Å²) in [5, 5.41) is 7.36. The Hall–Kier alpha value is -3.23. The number of ether oxygens (including phenoxy) is 1. The molecule has 2 aliphatic rings. The van der Waals surface area contributed by atoms with Crippen molar-refractivity contribution in [3.63, 3.8) is 0 Å². The van der Waals surface area contributed by atoms with Crippen molar-refractivity contribution in [3.8, 4) is 0 Å². The van der Waals surface area contributed by atoms with E-state index in [9.17, 15) is 9.59 Å². The zero-order chi connectivity index (χ0) is 28.9. The summed E-state index contributed by atoms with van der Waals surface area (Å²) in [5.41, 5.74) is 5.49. The van der Waals surface area contributed by atoms with Gasteiger partial charge in [-0.2, -0.15) is 5.10 Å². The highest BCUT2D eigenvalue weighted by atomic mass is 35.5. The molecule has 2 aliphatic heterocycles. The Morgan fingerprint density at radius 1 is 0.976 bits per heavy atom. The van der Waals surface area contributed by atoms with Gasteiger partial charge in [0.25, 0.3) is 11.8 Å². The first-order valence-electron chi connectivity index (χ1n) is 13.9. The Bertz CT molecular complexity index is 1440. The molecule has 2 heterocycles. The van der Waals surface area contributed by atoms with Crippen LogP contribution in [-0.2, 0) is 9.53 Å². The number of aryl methyl sites for hydroxylation is 2. The maximum Gasteiger partial charge on any atom is 0.262 e. The number of hydrogen-bond donors (Lipinski definition) is 0. The zero-order valence-corrected chi connectivity index (χ0v) is 24.9. The average Bonchev–Trinajstić information content (AvgIpc) is 3.43. The predicted molar refractivity (Wildman–Crippen MR) is 163 cm³/mol. The topological polar surface area (TPSA) is 65.5 Å². The van der Waals surface area contributed by atoms with E-state index in [0.717, 1.165) is 35.5 Å². The Kier molecular flexibility index (Phi) is 9.40. The van der Waals surface area contributed by atoms with Crippen LogP contribution in [0.1, 0.15) is 45.1 Å². The van der Waals surface area contributed by atoms with Crippen LogP contribution in [0.3, 0.4) is 0 Å². The van der Waals surface area contributed by atoms with Gasteiger partial charge in [0.2, 0.25) is 0 Å². The first kappa shape index (κ1) is 29.3. The third kappa shape index (κ3) is 6.99. The maximum atomic E-state index is 14.0. The van der Waals surface area contributed by atoms with Gasteiger partial charge in [0.05, 0.1) is 35.6 Å². The van der Waals surface area contributed by atoms with Crippen molar-refractivity contribution in [2.45, 2.75) is 26.3 Å². The van der Waals surface area contributed by atoms with E-state index in [1.165, 1.54) is 10.6 Å². The van der Waals surface area contributed by atoms with Crippen molar-refractivity contribution >= 4 is 40.7 Å². The fourth-order valence-corrected chi connectivity index (χ4v) is 5.50. The van der Waals surface area contributed by atoms with E-state index in [2.05, 4.69) is 30.9 Å². The second kappa shape index (κ2) is 13.2. The third-order valence-electron chi connectivity index (χ3n) is 7.77. The number of benzene rings is 3. The van der Waals surface area contributed by atoms with Crippen LogP contribution in [0.25, 0.3) is 0 Å². The van der Waals surface area contributed by atoms with Crippen molar-refractivity contribution in [2.24, 2.45) is 5.10 Å². The molecule has 0 spiro atoms. The van der Waals surface area contributed by atoms with Crippen LogP contribution in [0.5, 0.6) is 0 Å². The lowest BCUT2D eigenvalue weighted by atomic mass is 9.96. The number of nitrogens with zero attached hydrogens (tertiary/aromatic N) is 4. The lowest BCUT2D eigenvalue weighted by molar-refractivity contribution is -0.133. The van der Waals surface area contributed by atoms with Crippen LogP contribution in [-0.4, -0.2) is 78.3 Å². The van der Waals surface area contributed by atoms with E-state index in [-0.39, 0.29) is 24.4 Å². The molecule has 0 unspecified atom stereocenters. The summed E-state index contributed by atoms with van der Waals surface area (Å²) in [7, 11) is 0. The monoisotopic (exact) mass is 592 g/mol. The summed E-state index contributed by atoms with van der Waals surface area (Å²) in [6.45, 7) is 7.92. The Labute approximate surface area is 251 Å². The number of hydrogen-bond acceptors (Lipinski definition) is 5. The number of rotatable bonds is 8. The Morgan fingerprint density at radius 2 is 1.71 bits per heavy atom. The summed E-state index contributed by atoms with van der Waals surface area (Å²) >= 11 is 12.6. The molecular weight excluding hydrogens is 559 g/mol. The summed E-state index contributed by atoms with van der Waals surface area (Å²) in [6.07, 6.45) is 0.558. The van der Waals surface area contributed by atoms with E-state index in [4.69, 9.17) is 33.0 Å². The predicted octanol–water partition coefficient (Wildman–Crippen LogP) is 5.76. The number of halogens is 2. The molecule has 1 atom stereocenters. The highest BCUT2D eigenvalue weighted by Gasteiger charge is 2.35. The van der Waals surface area contributed by atoms with Crippen molar-refractivity contribution in [1.82, 2.24) is 14.8 Å². The molecule has 1 saturated heterocycles. The maximum absolute atomic E-state index is 14.0. The quantitative estimate of drug-likeness (QED) is 0.333. The highest BCUT2D eigenvalue weighted by molar-refractivity contribution is 6.33. The second-order valence-electron chi connectivity index (χ2n) is 10.5. The largest absolute Gasteiger partial charge is 0.379 e. The van der Waals surface area contributed by atoms with E-state index in [0.29, 0.717) is 48.3 Å². The standard InChI is InChI=1S/C32H34Cl2N4O3/c1-22-7-8-25(19-23(22)2)29-20-30(24-9-11-26(33)12-10-24)38(35-29)31(39)21-37(14-13-36-15-17-41-18-16-36)32(40)27-5-3-4-6-28(27)34/h3-12,19,30H,13-18,20-21H2,1-2H3/t30-/m0/s1. The van der Waals surface area contributed by atoms with Crippen LogP contribution >= 0.6 is 23.2 Å². The van der Waals surface area contributed by atoms with Crippen LogP contribution in [0.2, 0.25) is 10.0 Å². The molecule has 1 fully saturated rings. The zero-order valence-electron chi connectivity index (χ0n) is 23.4. The molecule has 5 rings (SSSR count). The van der Waals surface area contributed by atoms with Crippen LogP contribution < -0.4 is 0 Å². The normalized spacial score (nSPS) is 17.4. The van der Waals surface area contributed by atoms with Gasteiger partial charge in [0.1, 0.15) is 6.54 Å². The Morgan fingerprint density at radius 3 is 2.41 bits per heavy atom. The highest BCUT2D eigenvalue weighted by Crippen LogP contribution is 2.34. The molecule has 3 aromatic rings. The van der Waals surface area contributed by atoms with Gasteiger partial charge in [-0.15, -0.1) is 0 Å². The van der Waals surface area contributed by atoms with E-state index in [1.807, 2.05) is 30.3 Å². The van der Waals surface area contributed by atoms with Gasteiger partial charge in [-0.05, 0) is 66.4 Å². The first-order valence-corrected chi connectivity index (χ1v) is 14.6. The van der Waals surface area contributed by atoms with Gasteiger partial charge in [0.15, 0.2) is 0 Å². The minimum absolute atomic E-state index is 0.123. The number of morpholine rings is 1. The van der Waals surface area contributed by atoms with Gasteiger partial charge in [-0.1, -0.05) is 59.6 Å². The van der Waals surface area contributed by atoms with Gasteiger partial charge >= 0.3 is 0 Å². The fourth-order valence-electron chi connectivity index (χ4n) is 5.16. The Balaban J connectivity index is 1.43. The van der Waals surface area contributed by atoms with Crippen molar-refractivity contribution in [1.29, 1.82) is 0 Å². The minimum Gasteiger partial charge on any atom is -0.379 e. The van der Waals surface area contributed by atoms with Crippen molar-refractivity contribution in [2.75, 3.05) is 45.9 Å². The van der Waals surface area contributed by atoms with E-state index < -0.39 is 0 Å². The molecule has 3 aromatic carbocycles. The molecule has 214 valence electrons. The molecule has 0 radical (unpaired) electrons. The second-order valence-corrected chi connectivity index (χ2v) is 11.4. The van der Waals surface area contributed by atoms with Crippen LogP contribution in [0.4, 0.5) is 0 Å². The summed E-state index contributed by atoms with van der Waals surface area (Å²) < 4.78 is 5.47. The van der Waals surface area contributed by atoms with Gasteiger partial charge in [0, 0.05) is 37.6 Å². The minimum atomic E-state index is -0.312. The van der Waals surface area contributed by atoms with Gasteiger partial charge in [-0.25, -0.2) is 5.01 Å². The van der Waals surface area contributed by atoms with Gasteiger partial charge < -0.3 is 9.64 Å². The van der Waals surface area contributed by atoms with Crippen LogP contribution in [0.15, 0.2) is 71.8 Å². The molecular formula is C32H34Cl2N4O3. The third-order valence-corrected chi connectivity index (χ3v) is 8.35. The summed E-state index contributed by atoms with van der Waals surface area (Å²) in [4.78, 5) is 31.5. The summed E-state index contributed by atoms with van der Waals surface area (Å²) in [6, 6.07) is 20.4. The molecule has 0 saturated carbocycles. The number of amides is 2. The molecule has 2 amide bonds. The molecule has 0 aliphatic carbocycles. The first-order chi connectivity index (χ1) is 19.8. The van der Waals surface area contributed by atoms with Crippen molar-refractivity contribution < 1.29 is 14.3 Å². The summed E-state index contributed by atoms with van der Waals surface area (Å²) in [5.74, 6) is -0.538. The molecule has 0 bridgehead atoms. The van der Waals surface area contributed by atoms with Crippen LogP contribution in [0, 0.1) is 13.8 Å². The number of carbonyl (C=O) groups is 2. The lowest BCUT2D eigenvalue weighted by Gasteiger charge is -2.31. The molecule has 0 N–H and O–H groups in total. The molecule has 7 nitrogen and oxygen atoms in total. The smallest absolute Gasteiger partial charge is 0.262 e. The molecule has 0 aromatic heterocycles. The van der Waals surface area contributed by atoms with E-state index >= 15 is 0 Å². The fraction of sp³-hybridized carbons (Fsp3) is 0.344. The van der Waals surface area contributed by atoms with Crippen molar-refractivity contribution in [3.05, 3.63) is 105 Å². The lowest BCUT2D eigenvalue weighted by Crippen LogP contribution is -2.46. The number of hydrazone groups is 1. The SMILES string of the molecule is Cc1ccc(C2=NN(C(=O)CN(CCN3CCOCC3)C(=O)c3ccccc3Cl)[C@H](c3ccc(Cl)cc3)C2)cc1C. The molecule has 9 heteroatoms. The van der Waals surface area contributed by atoms with Gasteiger partial charge in [-0.3, -0.25) is 14.5 Å². The van der Waals surface area contributed by atoms with E-state index in [1.54, 1.807) is 29.2 Å². The number of carbonyl (C=O) groups excluding carboxylic acids is 2. The average molecular weight is 594 g/mol.